The van der Waals surface area contributed by atoms with E-state index < -0.39 is 0 Å². The summed E-state index contributed by atoms with van der Waals surface area (Å²) >= 11 is 0. The summed E-state index contributed by atoms with van der Waals surface area (Å²) in [5, 5.41) is 5.24. The third-order valence-corrected chi connectivity index (χ3v) is 3.68. The number of nitrogens with zero attached hydrogens (tertiary/aromatic N) is 2. The molecule has 2 heterocycles. The molecule has 0 amide bonds. The van der Waals surface area contributed by atoms with E-state index in [0.29, 0.717) is 17.7 Å². The molecular weight excluding hydrogens is 226 g/mol. The predicted molar refractivity (Wildman–Crippen MR) is 68.1 cm³/mol. The van der Waals surface area contributed by atoms with Crippen molar-refractivity contribution in [2.75, 3.05) is 0 Å². The number of rotatable bonds is 2. The molecule has 0 saturated heterocycles. The Balaban J connectivity index is 1.74. The van der Waals surface area contributed by atoms with Crippen LogP contribution in [-0.2, 0) is 0 Å². The highest BCUT2D eigenvalue weighted by molar-refractivity contribution is 5.83. The number of aromatic nitrogens is 3. The number of nitrogens with one attached hydrogen (secondary N) is 1. The Hall–Kier alpha value is -2.10. The van der Waals surface area contributed by atoms with Crippen molar-refractivity contribution in [3.8, 4) is 11.4 Å². The Kier molecular flexibility index (Phi) is 1.89. The van der Waals surface area contributed by atoms with E-state index in [-0.39, 0.29) is 0 Å². The van der Waals surface area contributed by atoms with E-state index in [9.17, 15) is 0 Å². The summed E-state index contributed by atoms with van der Waals surface area (Å²) in [6, 6.07) is 8.18. The Labute approximate surface area is 104 Å². The van der Waals surface area contributed by atoms with Crippen LogP contribution in [0.5, 0.6) is 0 Å². The topological polar surface area (TPSA) is 54.7 Å². The fourth-order valence-corrected chi connectivity index (χ4v) is 2.36. The van der Waals surface area contributed by atoms with Gasteiger partial charge in [0.25, 0.3) is 0 Å². The molecule has 1 fully saturated rings. The first kappa shape index (κ1) is 9.88. The number of fused-ring (bicyclic) bond motifs is 1. The zero-order valence-corrected chi connectivity index (χ0v) is 10.1. The number of hydrogen-bond donors (Lipinski definition) is 1. The van der Waals surface area contributed by atoms with E-state index in [1.165, 1.54) is 11.8 Å². The zero-order chi connectivity index (χ0) is 12.1. The smallest absolute Gasteiger partial charge is 0.230 e. The van der Waals surface area contributed by atoms with E-state index in [2.05, 4.69) is 28.1 Å². The molecule has 4 heteroatoms. The van der Waals surface area contributed by atoms with Gasteiger partial charge in [0.05, 0.1) is 0 Å². The molecule has 18 heavy (non-hydrogen) atoms. The first-order valence-electron chi connectivity index (χ1n) is 6.22. The molecule has 1 aromatic carbocycles. The van der Waals surface area contributed by atoms with Gasteiger partial charge in [-0.25, -0.2) is 0 Å². The monoisotopic (exact) mass is 239 g/mol. The molecule has 0 bridgehead atoms. The second-order valence-electron chi connectivity index (χ2n) is 5.06. The highest BCUT2D eigenvalue weighted by atomic mass is 16.5. The van der Waals surface area contributed by atoms with Crippen LogP contribution >= 0.6 is 0 Å². The normalized spacial score (nSPS) is 22.5. The number of H-pyrrole nitrogens is 1. The van der Waals surface area contributed by atoms with Gasteiger partial charge in [-0.2, -0.15) is 4.98 Å². The standard InChI is InChI=1S/C14H13N3O/c1-8-6-11(8)14-16-13(17-18-14)10-2-3-12-9(7-10)4-5-15-12/h2-5,7-8,11,15H,6H2,1H3/t8-,11-/m1/s1. The molecule has 1 N–H and O–H groups in total. The lowest BCUT2D eigenvalue weighted by molar-refractivity contribution is 0.377. The van der Waals surface area contributed by atoms with Crippen LogP contribution in [0.3, 0.4) is 0 Å². The fraction of sp³-hybridized carbons (Fsp3) is 0.286. The molecule has 4 nitrogen and oxygen atoms in total. The molecule has 3 aromatic rings. The second-order valence-corrected chi connectivity index (χ2v) is 5.06. The van der Waals surface area contributed by atoms with Gasteiger partial charge in [0.15, 0.2) is 0 Å². The summed E-state index contributed by atoms with van der Waals surface area (Å²) in [6.07, 6.45) is 3.10. The molecular formula is C14H13N3O. The zero-order valence-electron chi connectivity index (χ0n) is 10.1. The highest BCUT2D eigenvalue weighted by Gasteiger charge is 2.38. The van der Waals surface area contributed by atoms with Crippen molar-refractivity contribution in [2.24, 2.45) is 5.92 Å². The molecule has 2 aromatic heterocycles. The predicted octanol–water partition coefficient (Wildman–Crippen LogP) is 3.34. The Morgan fingerprint density at radius 2 is 2.22 bits per heavy atom. The minimum Gasteiger partial charge on any atom is -0.361 e. The van der Waals surface area contributed by atoms with Crippen LogP contribution in [0, 0.1) is 5.92 Å². The van der Waals surface area contributed by atoms with E-state index in [4.69, 9.17) is 4.52 Å². The maximum atomic E-state index is 5.34. The van der Waals surface area contributed by atoms with Gasteiger partial charge in [-0.05, 0) is 36.6 Å². The van der Waals surface area contributed by atoms with E-state index in [1.807, 2.05) is 24.4 Å². The lowest BCUT2D eigenvalue weighted by Crippen LogP contribution is -1.83. The van der Waals surface area contributed by atoms with Crippen molar-refractivity contribution in [3.63, 3.8) is 0 Å². The van der Waals surface area contributed by atoms with Gasteiger partial charge in [0.1, 0.15) is 0 Å². The summed E-state index contributed by atoms with van der Waals surface area (Å²) < 4.78 is 5.34. The van der Waals surface area contributed by atoms with Gasteiger partial charge in [-0.3, -0.25) is 0 Å². The molecule has 1 aliphatic rings. The molecule has 4 rings (SSSR count). The van der Waals surface area contributed by atoms with Crippen LogP contribution in [0.15, 0.2) is 35.0 Å². The maximum Gasteiger partial charge on any atom is 0.230 e. The van der Waals surface area contributed by atoms with Gasteiger partial charge in [0, 0.05) is 28.6 Å². The van der Waals surface area contributed by atoms with Gasteiger partial charge in [-0.1, -0.05) is 12.1 Å². The molecule has 2 atom stereocenters. The average Bonchev–Trinajstić information content (AvgIpc) is 2.88. The van der Waals surface area contributed by atoms with Crippen molar-refractivity contribution < 1.29 is 4.52 Å². The third-order valence-electron chi connectivity index (χ3n) is 3.68. The van der Waals surface area contributed by atoms with Gasteiger partial charge >= 0.3 is 0 Å². The fourth-order valence-electron chi connectivity index (χ4n) is 2.36. The molecule has 0 radical (unpaired) electrons. The number of hydrogen-bond acceptors (Lipinski definition) is 3. The molecule has 0 aliphatic heterocycles. The number of aromatic amines is 1. The summed E-state index contributed by atoms with van der Waals surface area (Å²) in [4.78, 5) is 7.67. The van der Waals surface area contributed by atoms with Crippen molar-refractivity contribution in [1.82, 2.24) is 15.1 Å². The SMILES string of the molecule is C[C@@H]1C[C@H]1c1nc(-c2ccc3[nH]ccc3c2)no1. The van der Waals surface area contributed by atoms with Crippen LogP contribution in [0.1, 0.15) is 25.2 Å². The summed E-state index contributed by atoms with van der Waals surface area (Å²) in [7, 11) is 0. The van der Waals surface area contributed by atoms with Crippen molar-refractivity contribution >= 4 is 10.9 Å². The molecule has 90 valence electrons. The minimum absolute atomic E-state index is 0.474. The highest BCUT2D eigenvalue weighted by Crippen LogP contribution is 2.46. The van der Waals surface area contributed by atoms with Crippen LogP contribution in [0.4, 0.5) is 0 Å². The van der Waals surface area contributed by atoms with Crippen molar-refractivity contribution in [2.45, 2.75) is 19.3 Å². The van der Waals surface area contributed by atoms with E-state index in [1.54, 1.807) is 0 Å². The maximum absolute atomic E-state index is 5.34. The Bertz CT molecular complexity index is 712. The first-order chi connectivity index (χ1) is 8.81. The molecule has 0 spiro atoms. The largest absolute Gasteiger partial charge is 0.361 e. The van der Waals surface area contributed by atoms with Crippen molar-refractivity contribution in [3.05, 3.63) is 36.4 Å². The first-order valence-corrected chi connectivity index (χ1v) is 6.22. The average molecular weight is 239 g/mol. The van der Waals surface area contributed by atoms with E-state index in [0.717, 1.165) is 17.0 Å². The van der Waals surface area contributed by atoms with E-state index >= 15 is 0 Å². The Morgan fingerprint density at radius 1 is 1.33 bits per heavy atom. The molecule has 0 unspecified atom stereocenters. The lowest BCUT2D eigenvalue weighted by atomic mass is 10.1. The van der Waals surface area contributed by atoms with Crippen LogP contribution < -0.4 is 0 Å². The summed E-state index contributed by atoms with van der Waals surface area (Å²) in [6.45, 7) is 2.21. The molecule has 1 aliphatic carbocycles. The van der Waals surface area contributed by atoms with Crippen molar-refractivity contribution in [1.29, 1.82) is 0 Å². The summed E-state index contributed by atoms with van der Waals surface area (Å²) in [5.74, 6) is 2.63. The quantitative estimate of drug-likeness (QED) is 0.746. The lowest BCUT2D eigenvalue weighted by Gasteiger charge is -1.94. The Morgan fingerprint density at radius 3 is 3.06 bits per heavy atom. The third kappa shape index (κ3) is 1.45. The summed E-state index contributed by atoms with van der Waals surface area (Å²) in [5.41, 5.74) is 2.13. The van der Waals surface area contributed by atoms with Crippen LogP contribution in [0.2, 0.25) is 0 Å². The molecule has 1 saturated carbocycles. The van der Waals surface area contributed by atoms with Crippen LogP contribution in [0.25, 0.3) is 22.3 Å². The van der Waals surface area contributed by atoms with Crippen LogP contribution in [-0.4, -0.2) is 15.1 Å². The minimum atomic E-state index is 0.474. The van der Waals surface area contributed by atoms with Gasteiger partial charge in [-0.15, -0.1) is 0 Å². The van der Waals surface area contributed by atoms with Gasteiger partial charge < -0.3 is 9.51 Å². The second kappa shape index (κ2) is 3.45. The van der Waals surface area contributed by atoms with Gasteiger partial charge in [0.2, 0.25) is 11.7 Å². The number of benzene rings is 1.